The molecule has 20 heavy (non-hydrogen) atoms. The molecular weight excluding hydrogens is 260 g/mol. The van der Waals surface area contributed by atoms with Gasteiger partial charge in [-0.15, -0.1) is 0 Å². The number of nitrogens with one attached hydrogen (secondary N) is 1. The Morgan fingerprint density at radius 1 is 1.45 bits per heavy atom. The molecule has 0 bridgehead atoms. The molecule has 0 aromatic carbocycles. The number of carbonyl (C=O) groups excluding carboxylic acids is 1. The minimum atomic E-state index is -0.987. The SMILES string of the molecule is CC[C@H](C)[C@H](NC(=O)N1CCCC1CCCO)C(=O)O. The first kappa shape index (κ1) is 16.8. The highest BCUT2D eigenvalue weighted by molar-refractivity contribution is 5.83. The number of hydrogen-bond acceptors (Lipinski definition) is 3. The zero-order valence-corrected chi connectivity index (χ0v) is 12.3. The molecule has 1 unspecified atom stereocenters. The summed E-state index contributed by atoms with van der Waals surface area (Å²) >= 11 is 0. The molecule has 0 saturated carbocycles. The van der Waals surface area contributed by atoms with Crippen LogP contribution in [0.3, 0.4) is 0 Å². The number of aliphatic hydroxyl groups is 1. The first-order valence-electron chi connectivity index (χ1n) is 7.42. The number of carboxylic acid groups (broad SMARTS) is 1. The van der Waals surface area contributed by atoms with Crippen LogP contribution in [0.15, 0.2) is 0 Å². The molecule has 2 amide bonds. The van der Waals surface area contributed by atoms with E-state index in [0.717, 1.165) is 19.3 Å². The van der Waals surface area contributed by atoms with E-state index in [1.54, 1.807) is 4.90 Å². The number of rotatable bonds is 7. The average molecular weight is 286 g/mol. The fourth-order valence-electron chi connectivity index (χ4n) is 2.63. The zero-order valence-electron chi connectivity index (χ0n) is 12.3. The van der Waals surface area contributed by atoms with Gasteiger partial charge in [0.2, 0.25) is 0 Å². The Morgan fingerprint density at radius 3 is 2.70 bits per heavy atom. The monoisotopic (exact) mass is 286 g/mol. The first-order valence-corrected chi connectivity index (χ1v) is 7.42. The van der Waals surface area contributed by atoms with Gasteiger partial charge in [-0.2, -0.15) is 0 Å². The lowest BCUT2D eigenvalue weighted by atomic mass is 9.99. The van der Waals surface area contributed by atoms with Crippen molar-refractivity contribution in [2.75, 3.05) is 13.2 Å². The number of urea groups is 1. The molecule has 1 rings (SSSR count). The lowest BCUT2D eigenvalue weighted by Crippen LogP contribution is -2.51. The summed E-state index contributed by atoms with van der Waals surface area (Å²) in [6.45, 7) is 4.52. The minimum absolute atomic E-state index is 0.102. The summed E-state index contributed by atoms with van der Waals surface area (Å²) in [7, 11) is 0. The molecule has 3 atom stereocenters. The highest BCUT2D eigenvalue weighted by Gasteiger charge is 2.32. The predicted molar refractivity (Wildman–Crippen MR) is 75.5 cm³/mol. The van der Waals surface area contributed by atoms with E-state index >= 15 is 0 Å². The van der Waals surface area contributed by atoms with E-state index in [0.29, 0.717) is 19.4 Å². The van der Waals surface area contributed by atoms with Gasteiger partial charge in [0.25, 0.3) is 0 Å². The molecule has 1 fully saturated rings. The van der Waals surface area contributed by atoms with Crippen molar-refractivity contribution >= 4 is 12.0 Å². The number of aliphatic hydroxyl groups excluding tert-OH is 1. The summed E-state index contributed by atoms with van der Waals surface area (Å²) in [4.78, 5) is 25.2. The Hall–Kier alpha value is -1.30. The topological polar surface area (TPSA) is 89.9 Å². The molecule has 1 aliphatic rings. The van der Waals surface area contributed by atoms with Gasteiger partial charge in [-0.05, 0) is 31.6 Å². The van der Waals surface area contributed by atoms with Gasteiger partial charge in [0.15, 0.2) is 0 Å². The van der Waals surface area contributed by atoms with Gasteiger partial charge in [-0.3, -0.25) is 0 Å². The second-order valence-corrected chi connectivity index (χ2v) is 5.51. The number of carboxylic acids is 1. The summed E-state index contributed by atoms with van der Waals surface area (Å²) < 4.78 is 0. The molecule has 0 spiro atoms. The van der Waals surface area contributed by atoms with Gasteiger partial charge < -0.3 is 20.4 Å². The predicted octanol–water partition coefficient (Wildman–Crippen LogP) is 1.43. The summed E-state index contributed by atoms with van der Waals surface area (Å²) in [6, 6.07) is -1.02. The Labute approximate surface area is 120 Å². The minimum Gasteiger partial charge on any atom is -0.480 e. The third kappa shape index (κ3) is 4.37. The number of amides is 2. The Balaban J connectivity index is 2.61. The third-order valence-corrected chi connectivity index (χ3v) is 4.09. The third-order valence-electron chi connectivity index (χ3n) is 4.09. The standard InChI is InChI=1S/C14H26N2O4/c1-3-10(2)12(13(18)19)15-14(20)16-8-4-6-11(16)7-5-9-17/h10-12,17H,3-9H2,1-2H3,(H,15,20)(H,18,19)/t10-,11?,12-/m0/s1. The number of hydrogen-bond donors (Lipinski definition) is 3. The first-order chi connectivity index (χ1) is 9.51. The van der Waals surface area contributed by atoms with E-state index in [2.05, 4.69) is 5.32 Å². The van der Waals surface area contributed by atoms with Crippen molar-refractivity contribution < 1.29 is 19.8 Å². The zero-order chi connectivity index (χ0) is 15.1. The smallest absolute Gasteiger partial charge is 0.326 e. The number of nitrogens with zero attached hydrogens (tertiary/aromatic N) is 1. The van der Waals surface area contributed by atoms with Crippen molar-refractivity contribution in [2.24, 2.45) is 5.92 Å². The second kappa shape index (κ2) is 8.09. The van der Waals surface area contributed by atoms with Crippen molar-refractivity contribution in [3.05, 3.63) is 0 Å². The Bertz CT molecular complexity index is 335. The van der Waals surface area contributed by atoms with E-state index in [-0.39, 0.29) is 24.6 Å². The van der Waals surface area contributed by atoms with Gasteiger partial charge in [-0.25, -0.2) is 9.59 Å². The largest absolute Gasteiger partial charge is 0.480 e. The van der Waals surface area contributed by atoms with Crippen LogP contribution in [0.5, 0.6) is 0 Å². The lowest BCUT2D eigenvalue weighted by molar-refractivity contribution is -0.140. The van der Waals surface area contributed by atoms with E-state index in [1.807, 2.05) is 13.8 Å². The summed E-state index contributed by atoms with van der Waals surface area (Å²) in [5, 5.41) is 20.7. The highest BCUT2D eigenvalue weighted by atomic mass is 16.4. The van der Waals surface area contributed by atoms with Crippen molar-refractivity contribution in [1.82, 2.24) is 10.2 Å². The summed E-state index contributed by atoms with van der Waals surface area (Å²) in [6.07, 6.45) is 4.00. The normalized spacial score (nSPS) is 21.6. The van der Waals surface area contributed by atoms with Gasteiger partial charge in [0, 0.05) is 19.2 Å². The molecule has 0 aromatic rings. The second-order valence-electron chi connectivity index (χ2n) is 5.51. The van der Waals surface area contributed by atoms with Gasteiger partial charge in [-0.1, -0.05) is 20.3 Å². The molecule has 6 heteroatoms. The highest BCUT2D eigenvalue weighted by Crippen LogP contribution is 2.21. The van der Waals surface area contributed by atoms with Crippen LogP contribution in [0.2, 0.25) is 0 Å². The maximum atomic E-state index is 12.2. The van der Waals surface area contributed by atoms with Crippen molar-refractivity contribution in [1.29, 1.82) is 0 Å². The number of likely N-dealkylation sites (tertiary alicyclic amines) is 1. The Morgan fingerprint density at radius 2 is 2.15 bits per heavy atom. The molecule has 3 N–H and O–H groups in total. The Kier molecular flexibility index (Phi) is 6.78. The van der Waals surface area contributed by atoms with Crippen molar-refractivity contribution in [3.8, 4) is 0 Å². The number of carbonyl (C=O) groups is 2. The molecule has 116 valence electrons. The molecule has 0 aliphatic carbocycles. The molecular formula is C14H26N2O4. The number of aliphatic carboxylic acids is 1. The quantitative estimate of drug-likeness (QED) is 0.660. The van der Waals surface area contributed by atoms with Crippen LogP contribution >= 0.6 is 0 Å². The molecule has 1 heterocycles. The molecule has 1 aliphatic heterocycles. The molecule has 6 nitrogen and oxygen atoms in total. The van der Waals surface area contributed by atoms with Crippen LogP contribution in [0.25, 0.3) is 0 Å². The van der Waals surface area contributed by atoms with Crippen LogP contribution in [0, 0.1) is 5.92 Å². The van der Waals surface area contributed by atoms with E-state index < -0.39 is 12.0 Å². The fourth-order valence-corrected chi connectivity index (χ4v) is 2.63. The average Bonchev–Trinajstić information content (AvgIpc) is 2.89. The van der Waals surface area contributed by atoms with E-state index in [4.69, 9.17) is 5.11 Å². The van der Waals surface area contributed by atoms with E-state index in [1.165, 1.54) is 0 Å². The van der Waals surface area contributed by atoms with Crippen molar-refractivity contribution in [3.63, 3.8) is 0 Å². The van der Waals surface area contributed by atoms with Crippen LogP contribution < -0.4 is 5.32 Å². The molecule has 1 saturated heterocycles. The molecule has 0 aromatic heterocycles. The van der Waals surface area contributed by atoms with Crippen LogP contribution in [-0.2, 0) is 4.79 Å². The van der Waals surface area contributed by atoms with Crippen LogP contribution in [0.1, 0.15) is 46.0 Å². The van der Waals surface area contributed by atoms with Crippen LogP contribution in [-0.4, -0.2) is 52.3 Å². The van der Waals surface area contributed by atoms with Gasteiger partial charge in [0.1, 0.15) is 6.04 Å². The van der Waals surface area contributed by atoms with E-state index in [9.17, 15) is 14.7 Å². The maximum Gasteiger partial charge on any atom is 0.326 e. The molecule has 0 radical (unpaired) electrons. The van der Waals surface area contributed by atoms with Crippen molar-refractivity contribution in [2.45, 2.75) is 58.0 Å². The maximum absolute atomic E-state index is 12.2. The van der Waals surface area contributed by atoms with Crippen LogP contribution in [0.4, 0.5) is 4.79 Å². The van der Waals surface area contributed by atoms with Gasteiger partial charge in [0.05, 0.1) is 0 Å². The van der Waals surface area contributed by atoms with Gasteiger partial charge >= 0.3 is 12.0 Å². The summed E-state index contributed by atoms with van der Waals surface area (Å²) in [5.41, 5.74) is 0. The fraction of sp³-hybridized carbons (Fsp3) is 0.857. The lowest BCUT2D eigenvalue weighted by Gasteiger charge is -2.28. The summed E-state index contributed by atoms with van der Waals surface area (Å²) in [5.74, 6) is -1.09.